The van der Waals surface area contributed by atoms with Crippen molar-refractivity contribution in [2.75, 3.05) is 46.8 Å². The lowest BCUT2D eigenvalue weighted by atomic mass is 10.0. The molecule has 2 heterocycles. The molecule has 132 valence electrons. The zero-order chi connectivity index (χ0) is 16.8. The summed E-state index contributed by atoms with van der Waals surface area (Å²) in [6.45, 7) is 9.25. The molecule has 1 N–H and O–H groups in total. The van der Waals surface area contributed by atoms with Gasteiger partial charge >= 0.3 is 6.03 Å². The first kappa shape index (κ1) is 18.3. The van der Waals surface area contributed by atoms with E-state index in [1.54, 1.807) is 0 Å². The molecule has 5 nitrogen and oxygen atoms in total. The largest absolute Gasteiger partial charge is 0.335 e. The lowest BCUT2D eigenvalue weighted by Crippen LogP contribution is -2.54. The van der Waals surface area contributed by atoms with Crippen molar-refractivity contribution in [2.45, 2.75) is 51.6 Å². The van der Waals surface area contributed by atoms with Gasteiger partial charge in [0.1, 0.15) is 0 Å². The summed E-state index contributed by atoms with van der Waals surface area (Å²) in [7, 11) is 4.21. The standard InChI is InChI=1S/C18H34N4O/c1-15(2)7-11-21-12-8-16(9-13-21)19-18(23)22-10-5-6-17(14-22)20(3)4/h7,16-17H,5-6,8-14H2,1-4H3,(H,19,23)/t17-/m1/s1. The third kappa shape index (κ3) is 5.81. The number of carbonyl (C=O) groups is 1. The molecule has 2 fully saturated rings. The molecule has 2 saturated heterocycles. The summed E-state index contributed by atoms with van der Waals surface area (Å²) in [4.78, 5) is 19.2. The molecule has 0 saturated carbocycles. The molecule has 1 atom stereocenters. The predicted octanol–water partition coefficient (Wildman–Crippen LogP) is 2.15. The van der Waals surface area contributed by atoms with Crippen LogP contribution in [-0.4, -0.2) is 79.6 Å². The molecule has 2 rings (SSSR count). The molecule has 0 aliphatic carbocycles. The predicted molar refractivity (Wildman–Crippen MR) is 95.7 cm³/mol. The minimum absolute atomic E-state index is 0.138. The molecule has 2 aliphatic heterocycles. The SMILES string of the molecule is CC(C)=CCN1CCC(NC(=O)N2CCC[C@@H](N(C)C)C2)CC1. The number of urea groups is 1. The van der Waals surface area contributed by atoms with Crippen molar-refractivity contribution < 1.29 is 4.79 Å². The molecule has 2 amide bonds. The fraction of sp³-hybridized carbons (Fsp3) is 0.833. The maximum atomic E-state index is 12.5. The van der Waals surface area contributed by atoms with Gasteiger partial charge in [-0.25, -0.2) is 4.79 Å². The number of hydrogen-bond donors (Lipinski definition) is 1. The highest BCUT2D eigenvalue weighted by Gasteiger charge is 2.27. The molecular weight excluding hydrogens is 288 g/mol. The molecule has 2 aliphatic rings. The van der Waals surface area contributed by atoms with Crippen LogP contribution in [0, 0.1) is 0 Å². The first-order chi connectivity index (χ1) is 11.0. The van der Waals surface area contributed by atoms with Gasteiger partial charge in [-0.1, -0.05) is 11.6 Å². The van der Waals surface area contributed by atoms with Gasteiger partial charge in [0.05, 0.1) is 0 Å². The van der Waals surface area contributed by atoms with Gasteiger partial charge in [0, 0.05) is 44.8 Å². The number of likely N-dealkylation sites (N-methyl/N-ethyl adjacent to an activating group) is 1. The Morgan fingerprint density at radius 2 is 1.87 bits per heavy atom. The van der Waals surface area contributed by atoms with Crippen molar-refractivity contribution in [1.82, 2.24) is 20.0 Å². The van der Waals surface area contributed by atoms with Crippen LogP contribution < -0.4 is 5.32 Å². The number of rotatable bonds is 4. The van der Waals surface area contributed by atoms with Gasteiger partial charge in [-0.15, -0.1) is 0 Å². The molecule has 0 bridgehead atoms. The van der Waals surface area contributed by atoms with Gasteiger partial charge in [-0.2, -0.15) is 0 Å². The number of nitrogens with zero attached hydrogens (tertiary/aromatic N) is 3. The highest BCUT2D eigenvalue weighted by atomic mass is 16.2. The fourth-order valence-electron chi connectivity index (χ4n) is 3.40. The van der Waals surface area contributed by atoms with E-state index < -0.39 is 0 Å². The monoisotopic (exact) mass is 322 g/mol. The van der Waals surface area contributed by atoms with E-state index in [1.807, 2.05) is 4.90 Å². The van der Waals surface area contributed by atoms with Crippen molar-refractivity contribution >= 4 is 6.03 Å². The van der Waals surface area contributed by atoms with Crippen LogP contribution >= 0.6 is 0 Å². The number of hydrogen-bond acceptors (Lipinski definition) is 3. The smallest absolute Gasteiger partial charge is 0.317 e. The summed E-state index contributed by atoms with van der Waals surface area (Å²) >= 11 is 0. The number of amides is 2. The molecule has 0 unspecified atom stereocenters. The number of likely N-dealkylation sites (tertiary alicyclic amines) is 2. The topological polar surface area (TPSA) is 38.8 Å². The Balaban J connectivity index is 1.73. The summed E-state index contributed by atoms with van der Waals surface area (Å²) in [6, 6.07) is 0.977. The number of carbonyl (C=O) groups excluding carboxylic acids is 1. The van der Waals surface area contributed by atoms with Crippen molar-refractivity contribution in [2.24, 2.45) is 0 Å². The minimum Gasteiger partial charge on any atom is -0.335 e. The fourth-order valence-corrected chi connectivity index (χ4v) is 3.40. The van der Waals surface area contributed by atoms with E-state index in [0.29, 0.717) is 12.1 Å². The second-order valence-electron chi connectivity index (χ2n) is 7.51. The normalized spacial score (nSPS) is 23.9. The number of piperidine rings is 2. The Kier molecular flexibility index (Phi) is 6.90. The van der Waals surface area contributed by atoms with E-state index in [9.17, 15) is 4.79 Å². The lowest BCUT2D eigenvalue weighted by Gasteiger charge is -2.38. The first-order valence-corrected chi connectivity index (χ1v) is 9.03. The minimum atomic E-state index is 0.138. The third-order valence-electron chi connectivity index (χ3n) is 5.09. The van der Waals surface area contributed by atoms with Crippen LogP contribution in [-0.2, 0) is 0 Å². The molecule has 5 heteroatoms. The summed E-state index contributed by atoms with van der Waals surface area (Å²) in [5.74, 6) is 0. The van der Waals surface area contributed by atoms with E-state index in [-0.39, 0.29) is 6.03 Å². The Morgan fingerprint density at radius 1 is 1.17 bits per heavy atom. The van der Waals surface area contributed by atoms with Crippen LogP contribution in [0.15, 0.2) is 11.6 Å². The molecule has 0 aromatic carbocycles. The average molecular weight is 322 g/mol. The lowest BCUT2D eigenvalue weighted by molar-refractivity contribution is 0.133. The van der Waals surface area contributed by atoms with Gasteiger partial charge in [0.2, 0.25) is 0 Å². The average Bonchev–Trinajstić information content (AvgIpc) is 2.54. The maximum Gasteiger partial charge on any atom is 0.317 e. The maximum absolute atomic E-state index is 12.5. The molecular formula is C18H34N4O. The van der Waals surface area contributed by atoms with Crippen molar-refractivity contribution in [3.05, 3.63) is 11.6 Å². The van der Waals surface area contributed by atoms with Gasteiger partial charge in [-0.05, 0) is 53.6 Å². The summed E-state index contributed by atoms with van der Waals surface area (Å²) in [5, 5.41) is 3.26. The van der Waals surface area contributed by atoms with E-state index in [0.717, 1.165) is 52.0 Å². The van der Waals surface area contributed by atoms with Crippen molar-refractivity contribution in [1.29, 1.82) is 0 Å². The highest BCUT2D eigenvalue weighted by Crippen LogP contribution is 2.15. The van der Waals surface area contributed by atoms with E-state index in [1.165, 1.54) is 12.0 Å². The van der Waals surface area contributed by atoms with Crippen LogP contribution in [0.1, 0.15) is 39.5 Å². The van der Waals surface area contributed by atoms with Crippen molar-refractivity contribution in [3.63, 3.8) is 0 Å². The van der Waals surface area contributed by atoms with Crippen LogP contribution in [0.2, 0.25) is 0 Å². The quantitative estimate of drug-likeness (QED) is 0.806. The molecule has 0 aromatic rings. The molecule has 23 heavy (non-hydrogen) atoms. The third-order valence-corrected chi connectivity index (χ3v) is 5.09. The molecule has 0 aromatic heterocycles. The highest BCUT2D eigenvalue weighted by molar-refractivity contribution is 5.74. The molecule has 0 radical (unpaired) electrons. The van der Waals surface area contributed by atoms with Gasteiger partial charge in [0.15, 0.2) is 0 Å². The summed E-state index contributed by atoms with van der Waals surface area (Å²) in [5.41, 5.74) is 1.38. The second kappa shape index (κ2) is 8.69. The first-order valence-electron chi connectivity index (χ1n) is 9.03. The Labute approximate surface area is 141 Å². The van der Waals surface area contributed by atoms with E-state index in [4.69, 9.17) is 0 Å². The Morgan fingerprint density at radius 3 is 2.48 bits per heavy atom. The van der Waals surface area contributed by atoms with Crippen LogP contribution in [0.25, 0.3) is 0 Å². The van der Waals surface area contributed by atoms with Crippen molar-refractivity contribution in [3.8, 4) is 0 Å². The number of allylic oxidation sites excluding steroid dienone is 1. The zero-order valence-electron chi connectivity index (χ0n) is 15.3. The van der Waals surface area contributed by atoms with Crippen LogP contribution in [0.3, 0.4) is 0 Å². The zero-order valence-corrected chi connectivity index (χ0v) is 15.3. The molecule has 0 spiro atoms. The Hall–Kier alpha value is -1.07. The summed E-state index contributed by atoms with van der Waals surface area (Å²) in [6.07, 6.45) is 6.71. The summed E-state index contributed by atoms with van der Waals surface area (Å²) < 4.78 is 0. The van der Waals surface area contributed by atoms with Gasteiger partial charge in [-0.3, -0.25) is 4.90 Å². The van der Waals surface area contributed by atoms with E-state index in [2.05, 4.69) is 49.1 Å². The van der Waals surface area contributed by atoms with Gasteiger partial charge in [0.25, 0.3) is 0 Å². The Bertz CT molecular complexity index is 409. The van der Waals surface area contributed by atoms with E-state index >= 15 is 0 Å². The van der Waals surface area contributed by atoms with Gasteiger partial charge < -0.3 is 15.1 Å². The van der Waals surface area contributed by atoms with Crippen LogP contribution in [0.5, 0.6) is 0 Å². The second-order valence-corrected chi connectivity index (χ2v) is 7.51. The van der Waals surface area contributed by atoms with Crippen LogP contribution in [0.4, 0.5) is 4.79 Å². The number of nitrogens with one attached hydrogen (secondary N) is 1.